The number of hydrogen-bond donors (Lipinski definition) is 2. The Hall–Kier alpha value is -1.48. The maximum atomic E-state index is 9.58. The Morgan fingerprint density at radius 2 is 1.80 bits per heavy atom. The van der Waals surface area contributed by atoms with Crippen LogP contribution in [0.2, 0.25) is 0 Å². The summed E-state index contributed by atoms with van der Waals surface area (Å²) in [6, 6.07) is 11.7. The van der Waals surface area contributed by atoms with Gasteiger partial charge < -0.3 is 10.1 Å². The van der Waals surface area contributed by atoms with E-state index < -0.39 is 0 Å². The van der Waals surface area contributed by atoms with E-state index in [0.29, 0.717) is 0 Å². The molecule has 1 heterocycles. The molecule has 74 valence electrons. The summed E-state index contributed by atoms with van der Waals surface area (Å²) in [6.45, 7) is 0. The quantitative estimate of drug-likeness (QED) is 0.635. The van der Waals surface area contributed by atoms with E-state index in [1.54, 1.807) is 6.07 Å². The SMILES string of the molecule is Oc1ccc2c([nH]c3ccccc32)c1Br. The van der Waals surface area contributed by atoms with Gasteiger partial charge >= 0.3 is 0 Å². The second-order valence-corrected chi connectivity index (χ2v) is 4.28. The standard InChI is InChI=1S/C12H8BrNO/c13-11-10(15)6-5-8-7-3-1-2-4-9(7)14-12(8)11/h1-6,14-15H. The summed E-state index contributed by atoms with van der Waals surface area (Å²) in [5.41, 5.74) is 2.02. The topological polar surface area (TPSA) is 36.0 Å². The van der Waals surface area contributed by atoms with E-state index in [1.807, 2.05) is 24.3 Å². The van der Waals surface area contributed by atoms with Gasteiger partial charge in [0, 0.05) is 16.3 Å². The average Bonchev–Trinajstić information content (AvgIpc) is 2.63. The van der Waals surface area contributed by atoms with Crippen LogP contribution in [-0.4, -0.2) is 10.1 Å². The van der Waals surface area contributed by atoms with Crippen molar-refractivity contribution in [3.63, 3.8) is 0 Å². The van der Waals surface area contributed by atoms with Gasteiger partial charge in [-0.2, -0.15) is 0 Å². The molecule has 0 atom stereocenters. The number of aromatic amines is 1. The normalized spacial score (nSPS) is 11.3. The minimum Gasteiger partial charge on any atom is -0.507 e. The molecule has 3 heteroatoms. The summed E-state index contributed by atoms with van der Waals surface area (Å²) in [4.78, 5) is 3.28. The van der Waals surface area contributed by atoms with E-state index in [4.69, 9.17) is 0 Å². The molecule has 3 aromatic rings. The van der Waals surface area contributed by atoms with E-state index in [9.17, 15) is 5.11 Å². The Labute approximate surface area is 94.7 Å². The number of halogens is 1. The van der Waals surface area contributed by atoms with Crippen molar-refractivity contribution in [3.05, 3.63) is 40.9 Å². The molecule has 2 nitrogen and oxygen atoms in total. The van der Waals surface area contributed by atoms with Crippen LogP contribution in [0.3, 0.4) is 0 Å². The van der Waals surface area contributed by atoms with Crippen molar-refractivity contribution < 1.29 is 5.11 Å². The van der Waals surface area contributed by atoms with E-state index >= 15 is 0 Å². The molecule has 0 unspecified atom stereocenters. The second-order valence-electron chi connectivity index (χ2n) is 3.49. The van der Waals surface area contributed by atoms with Crippen molar-refractivity contribution in [1.82, 2.24) is 4.98 Å². The van der Waals surface area contributed by atoms with Gasteiger partial charge in [-0.3, -0.25) is 0 Å². The van der Waals surface area contributed by atoms with Crippen LogP contribution in [0.1, 0.15) is 0 Å². The summed E-state index contributed by atoms with van der Waals surface area (Å²) in [7, 11) is 0. The maximum absolute atomic E-state index is 9.58. The molecule has 0 bridgehead atoms. The lowest BCUT2D eigenvalue weighted by atomic mass is 10.1. The lowest BCUT2D eigenvalue weighted by Gasteiger charge is -1.97. The Morgan fingerprint density at radius 3 is 2.67 bits per heavy atom. The van der Waals surface area contributed by atoms with Crippen LogP contribution in [0.5, 0.6) is 5.75 Å². The van der Waals surface area contributed by atoms with Crippen LogP contribution >= 0.6 is 15.9 Å². The molecule has 0 aliphatic carbocycles. The third kappa shape index (κ3) is 1.16. The Bertz CT molecular complexity index is 657. The first-order valence-electron chi connectivity index (χ1n) is 4.65. The van der Waals surface area contributed by atoms with Crippen LogP contribution in [0.25, 0.3) is 21.8 Å². The molecule has 2 N–H and O–H groups in total. The van der Waals surface area contributed by atoms with Crippen LogP contribution in [-0.2, 0) is 0 Å². The second kappa shape index (κ2) is 3.00. The number of aromatic nitrogens is 1. The van der Waals surface area contributed by atoms with Crippen LogP contribution < -0.4 is 0 Å². The third-order valence-electron chi connectivity index (χ3n) is 2.60. The summed E-state index contributed by atoms with van der Waals surface area (Å²) in [5.74, 6) is 0.258. The zero-order chi connectivity index (χ0) is 10.4. The summed E-state index contributed by atoms with van der Waals surface area (Å²) < 4.78 is 0.719. The van der Waals surface area contributed by atoms with E-state index in [0.717, 1.165) is 20.9 Å². The van der Waals surface area contributed by atoms with Crippen molar-refractivity contribution in [1.29, 1.82) is 0 Å². The van der Waals surface area contributed by atoms with Gasteiger partial charge in [-0.1, -0.05) is 18.2 Å². The number of fused-ring (bicyclic) bond motifs is 3. The van der Waals surface area contributed by atoms with Crippen LogP contribution in [0, 0.1) is 0 Å². The highest BCUT2D eigenvalue weighted by Gasteiger charge is 2.08. The zero-order valence-electron chi connectivity index (χ0n) is 7.79. The number of aromatic hydroxyl groups is 1. The number of H-pyrrole nitrogens is 1. The molecule has 1 aromatic heterocycles. The van der Waals surface area contributed by atoms with Gasteiger partial charge in [0.05, 0.1) is 9.99 Å². The van der Waals surface area contributed by atoms with Crippen molar-refractivity contribution >= 4 is 37.7 Å². The highest BCUT2D eigenvalue weighted by Crippen LogP contribution is 2.35. The number of rotatable bonds is 0. The Balaban J connectivity index is 2.60. The summed E-state index contributed by atoms with van der Waals surface area (Å²) in [6.07, 6.45) is 0. The van der Waals surface area contributed by atoms with Gasteiger partial charge in [0.15, 0.2) is 0 Å². The molecule has 3 rings (SSSR count). The molecule has 2 aromatic carbocycles. The smallest absolute Gasteiger partial charge is 0.131 e. The molecule has 0 fully saturated rings. The number of benzene rings is 2. The van der Waals surface area contributed by atoms with E-state index in [1.165, 1.54) is 5.39 Å². The number of para-hydroxylation sites is 1. The largest absolute Gasteiger partial charge is 0.507 e. The van der Waals surface area contributed by atoms with Crippen molar-refractivity contribution in [3.8, 4) is 5.75 Å². The van der Waals surface area contributed by atoms with Gasteiger partial charge in [-0.05, 0) is 34.1 Å². The first-order chi connectivity index (χ1) is 7.27. The van der Waals surface area contributed by atoms with Gasteiger partial charge in [-0.15, -0.1) is 0 Å². The maximum Gasteiger partial charge on any atom is 0.131 e. The highest BCUT2D eigenvalue weighted by atomic mass is 79.9. The van der Waals surface area contributed by atoms with Gasteiger partial charge in [0.2, 0.25) is 0 Å². The Kier molecular flexibility index (Phi) is 1.76. The third-order valence-corrected chi connectivity index (χ3v) is 3.40. The first-order valence-corrected chi connectivity index (χ1v) is 5.44. The first kappa shape index (κ1) is 8.80. The predicted molar refractivity (Wildman–Crippen MR) is 65.2 cm³/mol. The van der Waals surface area contributed by atoms with E-state index in [2.05, 4.69) is 27.0 Å². The number of phenols is 1. The lowest BCUT2D eigenvalue weighted by molar-refractivity contribution is 0.473. The average molecular weight is 262 g/mol. The predicted octanol–water partition coefficient (Wildman–Crippen LogP) is 3.79. The molecule has 0 amide bonds. The van der Waals surface area contributed by atoms with E-state index in [-0.39, 0.29) is 5.75 Å². The fourth-order valence-electron chi connectivity index (χ4n) is 1.87. The van der Waals surface area contributed by atoms with Crippen molar-refractivity contribution in [2.24, 2.45) is 0 Å². The molecule has 0 spiro atoms. The van der Waals surface area contributed by atoms with Crippen LogP contribution in [0.4, 0.5) is 0 Å². The van der Waals surface area contributed by atoms with Crippen molar-refractivity contribution in [2.75, 3.05) is 0 Å². The van der Waals surface area contributed by atoms with Crippen molar-refractivity contribution in [2.45, 2.75) is 0 Å². The molecular formula is C12H8BrNO. The fraction of sp³-hybridized carbons (Fsp3) is 0. The minimum absolute atomic E-state index is 0.258. The molecule has 0 saturated heterocycles. The Morgan fingerprint density at radius 1 is 1.00 bits per heavy atom. The minimum atomic E-state index is 0.258. The number of phenolic OH excluding ortho intramolecular Hbond substituents is 1. The molecule has 0 aliphatic heterocycles. The molecule has 0 saturated carbocycles. The summed E-state index contributed by atoms with van der Waals surface area (Å²) in [5, 5.41) is 11.9. The molecule has 0 radical (unpaired) electrons. The number of hydrogen-bond acceptors (Lipinski definition) is 1. The highest BCUT2D eigenvalue weighted by molar-refractivity contribution is 9.10. The van der Waals surface area contributed by atoms with Crippen LogP contribution in [0.15, 0.2) is 40.9 Å². The van der Waals surface area contributed by atoms with Gasteiger partial charge in [0.1, 0.15) is 5.75 Å². The molecular weight excluding hydrogens is 254 g/mol. The fourth-order valence-corrected chi connectivity index (χ4v) is 2.32. The monoisotopic (exact) mass is 261 g/mol. The zero-order valence-corrected chi connectivity index (χ0v) is 9.38. The molecule has 15 heavy (non-hydrogen) atoms. The number of nitrogens with one attached hydrogen (secondary N) is 1. The van der Waals surface area contributed by atoms with Gasteiger partial charge in [-0.25, -0.2) is 0 Å². The lowest BCUT2D eigenvalue weighted by Crippen LogP contribution is -1.72. The molecule has 0 aliphatic rings. The summed E-state index contributed by atoms with van der Waals surface area (Å²) >= 11 is 3.38. The van der Waals surface area contributed by atoms with Gasteiger partial charge in [0.25, 0.3) is 0 Å².